The van der Waals surface area contributed by atoms with Crippen LogP contribution >= 0.6 is 0 Å². The number of carbonyl (C=O) groups excluding carboxylic acids is 1. The molecule has 2 heterocycles. The summed E-state index contributed by atoms with van der Waals surface area (Å²) in [5.41, 5.74) is 2.80. The molecule has 2 N–H and O–H groups in total. The second-order valence-electron chi connectivity index (χ2n) is 4.31. The van der Waals surface area contributed by atoms with Gasteiger partial charge in [0.05, 0.1) is 0 Å². The van der Waals surface area contributed by atoms with Crippen molar-refractivity contribution in [2.75, 3.05) is 11.4 Å². The maximum absolute atomic E-state index is 12.2. The van der Waals surface area contributed by atoms with Crippen LogP contribution in [0.5, 0.6) is 0 Å². The first kappa shape index (κ1) is 10.8. The summed E-state index contributed by atoms with van der Waals surface area (Å²) in [7, 11) is 0. The van der Waals surface area contributed by atoms with E-state index >= 15 is 0 Å². The number of hydrogen-bond donors (Lipinski definition) is 2. The molecule has 0 aliphatic carbocycles. The van der Waals surface area contributed by atoms with Gasteiger partial charge in [0.2, 0.25) is 5.82 Å². The van der Waals surface area contributed by atoms with Gasteiger partial charge in [-0.05, 0) is 30.5 Å². The predicted molar refractivity (Wildman–Crippen MR) is 65.8 cm³/mol. The summed E-state index contributed by atoms with van der Waals surface area (Å²) in [6.07, 6.45) is 0.836. The van der Waals surface area contributed by atoms with Crippen LogP contribution in [0, 0.1) is 6.92 Å². The standard InChI is InChI=1S/C12H12N4O2/c1-7-3-2-4-9-8(7)5-6-16(9)11(17)10-13-12(18)15-14-10/h2-4H,5-6H2,1H3,(H2,13,14,15,18). The van der Waals surface area contributed by atoms with Gasteiger partial charge in [0, 0.05) is 12.2 Å². The Morgan fingerprint density at radius 3 is 3.00 bits per heavy atom. The molecule has 1 amide bonds. The molecule has 2 aromatic rings. The van der Waals surface area contributed by atoms with Crippen molar-refractivity contribution in [3.8, 4) is 0 Å². The Morgan fingerprint density at radius 2 is 2.28 bits per heavy atom. The second kappa shape index (κ2) is 3.83. The third-order valence-electron chi connectivity index (χ3n) is 3.21. The average molecular weight is 244 g/mol. The third kappa shape index (κ3) is 1.54. The number of amides is 1. The molecule has 0 radical (unpaired) electrons. The van der Waals surface area contributed by atoms with Gasteiger partial charge in [0.15, 0.2) is 0 Å². The minimum atomic E-state index is -0.470. The fraction of sp³-hybridized carbons (Fsp3) is 0.250. The van der Waals surface area contributed by atoms with Gasteiger partial charge in [0.25, 0.3) is 5.91 Å². The van der Waals surface area contributed by atoms with Crippen molar-refractivity contribution in [1.29, 1.82) is 0 Å². The lowest BCUT2D eigenvalue weighted by molar-refractivity contribution is 0.0980. The molecule has 1 aromatic heterocycles. The van der Waals surface area contributed by atoms with E-state index in [-0.39, 0.29) is 11.7 Å². The Kier molecular flexibility index (Phi) is 2.29. The van der Waals surface area contributed by atoms with Crippen molar-refractivity contribution in [3.63, 3.8) is 0 Å². The molecule has 0 unspecified atom stereocenters. The second-order valence-corrected chi connectivity index (χ2v) is 4.31. The van der Waals surface area contributed by atoms with Crippen molar-refractivity contribution in [2.24, 2.45) is 0 Å². The topological polar surface area (TPSA) is 81.8 Å². The van der Waals surface area contributed by atoms with Gasteiger partial charge in [-0.25, -0.2) is 9.89 Å². The number of aryl methyl sites for hydroxylation is 1. The van der Waals surface area contributed by atoms with Crippen LogP contribution in [0.25, 0.3) is 0 Å². The first-order valence-electron chi connectivity index (χ1n) is 5.72. The van der Waals surface area contributed by atoms with Gasteiger partial charge in [-0.15, -0.1) is 5.10 Å². The quantitative estimate of drug-likeness (QED) is 0.771. The Labute approximate surface area is 103 Å². The number of aromatic nitrogens is 3. The lowest BCUT2D eigenvalue weighted by Crippen LogP contribution is -2.30. The van der Waals surface area contributed by atoms with Crippen LogP contribution in [0.2, 0.25) is 0 Å². The average Bonchev–Trinajstić information content (AvgIpc) is 2.95. The first-order chi connectivity index (χ1) is 8.66. The number of hydrogen-bond acceptors (Lipinski definition) is 3. The normalized spacial score (nSPS) is 13.7. The van der Waals surface area contributed by atoms with E-state index in [0.29, 0.717) is 6.54 Å². The highest BCUT2D eigenvalue weighted by molar-refractivity contribution is 6.04. The van der Waals surface area contributed by atoms with E-state index in [1.54, 1.807) is 4.90 Å². The predicted octanol–water partition coefficient (Wildman–Crippen LogP) is 0.609. The summed E-state index contributed by atoms with van der Waals surface area (Å²) in [4.78, 5) is 27.2. The highest BCUT2D eigenvalue weighted by Gasteiger charge is 2.28. The van der Waals surface area contributed by atoms with Crippen LogP contribution in [0.1, 0.15) is 21.7 Å². The molecule has 0 saturated heterocycles. The van der Waals surface area contributed by atoms with E-state index in [2.05, 4.69) is 15.2 Å². The van der Waals surface area contributed by atoms with Crippen LogP contribution in [0.4, 0.5) is 5.69 Å². The number of anilines is 1. The Balaban J connectivity index is 2.00. The molecule has 0 spiro atoms. The number of nitrogens with one attached hydrogen (secondary N) is 2. The van der Waals surface area contributed by atoms with E-state index in [0.717, 1.165) is 12.1 Å². The molecule has 1 aromatic carbocycles. The molecule has 1 aliphatic heterocycles. The summed E-state index contributed by atoms with van der Waals surface area (Å²) in [5.74, 6) is -0.230. The Hall–Kier alpha value is -2.37. The minimum Gasteiger partial charge on any atom is -0.305 e. The SMILES string of the molecule is Cc1cccc2c1CCN2C(=O)c1n[nH]c(=O)[nH]1. The summed E-state index contributed by atoms with van der Waals surface area (Å²) >= 11 is 0. The maximum atomic E-state index is 12.2. The molecule has 0 atom stereocenters. The fourth-order valence-electron chi connectivity index (χ4n) is 2.32. The molecule has 0 bridgehead atoms. The molecule has 1 aliphatic rings. The summed E-state index contributed by atoms with van der Waals surface area (Å²) in [6, 6.07) is 5.87. The van der Waals surface area contributed by atoms with Gasteiger partial charge in [0.1, 0.15) is 0 Å². The van der Waals surface area contributed by atoms with Crippen molar-refractivity contribution in [2.45, 2.75) is 13.3 Å². The van der Waals surface area contributed by atoms with Gasteiger partial charge in [-0.2, -0.15) is 0 Å². The zero-order valence-electron chi connectivity index (χ0n) is 9.86. The monoisotopic (exact) mass is 244 g/mol. The minimum absolute atomic E-state index is 0.0503. The van der Waals surface area contributed by atoms with Gasteiger partial charge < -0.3 is 4.90 Å². The van der Waals surface area contributed by atoms with Crippen molar-refractivity contribution >= 4 is 11.6 Å². The molecule has 3 rings (SSSR count). The van der Waals surface area contributed by atoms with Crippen molar-refractivity contribution in [3.05, 3.63) is 45.6 Å². The van der Waals surface area contributed by atoms with E-state index in [9.17, 15) is 9.59 Å². The van der Waals surface area contributed by atoms with Crippen LogP contribution in [0.15, 0.2) is 23.0 Å². The number of H-pyrrole nitrogens is 2. The summed E-state index contributed by atoms with van der Waals surface area (Å²) in [5, 5.41) is 5.87. The number of carbonyl (C=O) groups is 1. The van der Waals surface area contributed by atoms with E-state index in [4.69, 9.17) is 0 Å². The van der Waals surface area contributed by atoms with Crippen LogP contribution in [0.3, 0.4) is 0 Å². The van der Waals surface area contributed by atoms with Crippen LogP contribution < -0.4 is 10.6 Å². The third-order valence-corrected chi connectivity index (χ3v) is 3.21. The Bertz CT molecular complexity index is 671. The molecule has 6 heteroatoms. The molecule has 6 nitrogen and oxygen atoms in total. The molecular weight excluding hydrogens is 232 g/mol. The molecule has 18 heavy (non-hydrogen) atoms. The van der Waals surface area contributed by atoms with Crippen LogP contribution in [-0.4, -0.2) is 27.6 Å². The molecule has 0 saturated carbocycles. The molecule has 0 fully saturated rings. The number of nitrogens with zero attached hydrogens (tertiary/aromatic N) is 2. The van der Waals surface area contributed by atoms with Gasteiger partial charge in [-0.3, -0.25) is 9.78 Å². The first-order valence-corrected chi connectivity index (χ1v) is 5.72. The highest BCUT2D eigenvalue weighted by atomic mass is 16.2. The highest BCUT2D eigenvalue weighted by Crippen LogP contribution is 2.30. The van der Waals surface area contributed by atoms with Gasteiger partial charge in [-0.1, -0.05) is 12.1 Å². The summed E-state index contributed by atoms with van der Waals surface area (Å²) < 4.78 is 0. The molecular formula is C12H12N4O2. The van der Waals surface area contributed by atoms with E-state index in [1.165, 1.54) is 11.1 Å². The molecule has 92 valence electrons. The number of fused-ring (bicyclic) bond motifs is 1. The van der Waals surface area contributed by atoms with E-state index in [1.807, 2.05) is 25.1 Å². The van der Waals surface area contributed by atoms with Crippen LogP contribution in [-0.2, 0) is 6.42 Å². The lowest BCUT2D eigenvalue weighted by Gasteiger charge is -2.15. The fourth-order valence-corrected chi connectivity index (χ4v) is 2.32. The van der Waals surface area contributed by atoms with Gasteiger partial charge >= 0.3 is 5.69 Å². The number of aromatic amines is 2. The van der Waals surface area contributed by atoms with Crippen molar-refractivity contribution in [1.82, 2.24) is 15.2 Å². The summed E-state index contributed by atoms with van der Waals surface area (Å²) in [6.45, 7) is 2.65. The Morgan fingerprint density at radius 1 is 1.44 bits per heavy atom. The van der Waals surface area contributed by atoms with E-state index < -0.39 is 5.69 Å². The maximum Gasteiger partial charge on any atom is 0.341 e. The zero-order chi connectivity index (χ0) is 12.7. The number of rotatable bonds is 1. The smallest absolute Gasteiger partial charge is 0.305 e. The largest absolute Gasteiger partial charge is 0.341 e. The zero-order valence-corrected chi connectivity index (χ0v) is 9.86. The number of benzene rings is 1. The van der Waals surface area contributed by atoms with Crippen molar-refractivity contribution < 1.29 is 4.79 Å². The lowest BCUT2D eigenvalue weighted by atomic mass is 10.1.